The maximum absolute atomic E-state index is 11.7. The van der Waals surface area contributed by atoms with E-state index < -0.39 is 0 Å². The minimum absolute atomic E-state index is 0.164. The summed E-state index contributed by atoms with van der Waals surface area (Å²) in [7, 11) is 3.85. The van der Waals surface area contributed by atoms with E-state index in [1.54, 1.807) is 0 Å². The monoisotopic (exact) mass is 179 g/mol. The van der Waals surface area contributed by atoms with Crippen molar-refractivity contribution in [2.75, 3.05) is 14.1 Å². The molecule has 1 unspecified atom stereocenters. The van der Waals surface area contributed by atoms with E-state index in [1.807, 2.05) is 32.1 Å². The van der Waals surface area contributed by atoms with Gasteiger partial charge in [-0.15, -0.1) is 0 Å². The Balaban J connectivity index is 2.91. The molecule has 0 aliphatic heterocycles. The quantitative estimate of drug-likeness (QED) is 0.574. The number of hydrogen-bond donors (Lipinski definition) is 0. The lowest BCUT2D eigenvalue weighted by Gasteiger charge is -2.22. The largest absolute Gasteiger partial charge is 0.383 e. The number of nitrogens with zero attached hydrogens (tertiary/aromatic N) is 1. The average Bonchev–Trinajstić information content (AvgIpc) is 2.05. The average molecular weight is 179 g/mol. The number of carbonyl (C=O) groups is 1. The summed E-state index contributed by atoms with van der Waals surface area (Å²) < 4.78 is 0. The molecule has 0 heterocycles. The van der Waals surface area contributed by atoms with Gasteiger partial charge in [-0.2, -0.15) is 0 Å². The highest BCUT2D eigenvalue weighted by atomic mass is 16.1. The van der Waals surface area contributed by atoms with Gasteiger partial charge in [0, 0.05) is 31.8 Å². The van der Waals surface area contributed by atoms with Gasteiger partial charge in [-0.05, 0) is 18.4 Å². The molecular formula is C11H17NO. The highest BCUT2D eigenvalue weighted by Crippen LogP contribution is 2.28. The van der Waals surface area contributed by atoms with Gasteiger partial charge in [0.2, 0.25) is 0 Å². The molecule has 2 heteroatoms. The molecule has 1 saturated carbocycles. The normalized spacial score (nSPS) is 26.7. The number of hydrogen-bond acceptors (Lipinski definition) is 2. The minimum Gasteiger partial charge on any atom is -0.383 e. The van der Waals surface area contributed by atoms with Crippen LogP contribution >= 0.6 is 0 Å². The predicted octanol–water partition coefficient (Wildman–Crippen LogP) is 1.99. The van der Waals surface area contributed by atoms with Crippen LogP contribution in [0.3, 0.4) is 0 Å². The fourth-order valence-electron chi connectivity index (χ4n) is 1.51. The summed E-state index contributed by atoms with van der Waals surface area (Å²) in [6.45, 7) is 5.90. The van der Waals surface area contributed by atoms with Crippen LogP contribution < -0.4 is 0 Å². The zero-order chi connectivity index (χ0) is 10.0. The number of Topliss-reactive ketones (excluding diaryl/α,β-unsaturated/α-hetero) is 1. The summed E-state index contributed by atoms with van der Waals surface area (Å²) in [4.78, 5) is 13.6. The van der Waals surface area contributed by atoms with Crippen LogP contribution in [0.5, 0.6) is 0 Å². The highest BCUT2D eigenvalue weighted by Gasteiger charge is 2.25. The second-order valence-corrected chi connectivity index (χ2v) is 3.91. The standard InChI is InChI=1S/C11H17NO/c1-8-5-6-9(2)11(13)10(8)7-12(3)4/h7,9H,1,5-6H2,2-4H3. The number of allylic oxidation sites excluding steroid dienone is 2. The molecule has 0 spiro atoms. The molecule has 0 saturated heterocycles. The van der Waals surface area contributed by atoms with Crippen molar-refractivity contribution in [3.8, 4) is 0 Å². The molecule has 1 aliphatic rings. The Labute approximate surface area is 79.9 Å². The van der Waals surface area contributed by atoms with E-state index in [0.717, 1.165) is 24.0 Å². The minimum atomic E-state index is 0.164. The lowest BCUT2D eigenvalue weighted by molar-refractivity contribution is -0.119. The number of rotatable bonds is 1. The molecule has 0 aromatic heterocycles. The molecule has 72 valence electrons. The van der Waals surface area contributed by atoms with Crippen molar-refractivity contribution in [2.45, 2.75) is 19.8 Å². The molecule has 1 rings (SSSR count). The zero-order valence-electron chi connectivity index (χ0n) is 8.63. The molecule has 13 heavy (non-hydrogen) atoms. The van der Waals surface area contributed by atoms with Gasteiger partial charge in [0.05, 0.1) is 0 Å². The Morgan fingerprint density at radius 1 is 1.54 bits per heavy atom. The van der Waals surface area contributed by atoms with Crippen LogP contribution in [0.25, 0.3) is 0 Å². The van der Waals surface area contributed by atoms with Gasteiger partial charge in [-0.3, -0.25) is 4.79 Å². The molecule has 1 fully saturated rings. The van der Waals surface area contributed by atoms with Crippen molar-refractivity contribution < 1.29 is 4.79 Å². The first-order valence-electron chi connectivity index (χ1n) is 4.63. The van der Waals surface area contributed by atoms with E-state index in [-0.39, 0.29) is 11.7 Å². The Kier molecular flexibility index (Phi) is 2.91. The van der Waals surface area contributed by atoms with Crippen LogP contribution in [0.2, 0.25) is 0 Å². The van der Waals surface area contributed by atoms with Crippen LogP contribution in [0.1, 0.15) is 19.8 Å². The van der Waals surface area contributed by atoms with Crippen LogP contribution in [0.4, 0.5) is 0 Å². The SMILES string of the molecule is C=C1CCC(C)C(=O)C1=CN(C)C. The van der Waals surface area contributed by atoms with Crippen molar-refractivity contribution in [1.82, 2.24) is 4.90 Å². The van der Waals surface area contributed by atoms with Crippen LogP contribution in [0, 0.1) is 5.92 Å². The van der Waals surface area contributed by atoms with Crippen LogP contribution in [0.15, 0.2) is 23.9 Å². The molecular weight excluding hydrogens is 162 g/mol. The molecule has 2 nitrogen and oxygen atoms in total. The zero-order valence-corrected chi connectivity index (χ0v) is 8.63. The molecule has 0 aromatic rings. The van der Waals surface area contributed by atoms with E-state index in [0.29, 0.717) is 0 Å². The second-order valence-electron chi connectivity index (χ2n) is 3.91. The van der Waals surface area contributed by atoms with Gasteiger partial charge in [0.15, 0.2) is 5.78 Å². The lowest BCUT2D eigenvalue weighted by atomic mass is 9.83. The third-order valence-corrected chi connectivity index (χ3v) is 2.36. The van der Waals surface area contributed by atoms with Crippen molar-refractivity contribution in [2.24, 2.45) is 5.92 Å². The van der Waals surface area contributed by atoms with E-state index in [2.05, 4.69) is 6.58 Å². The van der Waals surface area contributed by atoms with E-state index >= 15 is 0 Å². The van der Waals surface area contributed by atoms with E-state index in [1.165, 1.54) is 0 Å². The molecule has 0 radical (unpaired) electrons. The summed E-state index contributed by atoms with van der Waals surface area (Å²) in [5, 5.41) is 0. The third-order valence-electron chi connectivity index (χ3n) is 2.36. The third kappa shape index (κ3) is 2.20. The second kappa shape index (κ2) is 3.77. The van der Waals surface area contributed by atoms with Gasteiger partial charge in [0.25, 0.3) is 0 Å². The van der Waals surface area contributed by atoms with Crippen molar-refractivity contribution in [1.29, 1.82) is 0 Å². The Bertz CT molecular complexity index is 263. The predicted molar refractivity (Wildman–Crippen MR) is 54.3 cm³/mol. The van der Waals surface area contributed by atoms with Gasteiger partial charge < -0.3 is 4.90 Å². The molecule has 1 aliphatic carbocycles. The molecule has 1 atom stereocenters. The first kappa shape index (κ1) is 10.0. The summed E-state index contributed by atoms with van der Waals surface area (Å²) in [6, 6.07) is 0. The Morgan fingerprint density at radius 2 is 2.15 bits per heavy atom. The fourth-order valence-corrected chi connectivity index (χ4v) is 1.51. The summed E-state index contributed by atoms with van der Waals surface area (Å²) in [5.41, 5.74) is 1.79. The van der Waals surface area contributed by atoms with Gasteiger partial charge in [-0.1, -0.05) is 13.5 Å². The maximum Gasteiger partial charge on any atom is 0.167 e. The van der Waals surface area contributed by atoms with Crippen molar-refractivity contribution in [3.05, 3.63) is 23.9 Å². The van der Waals surface area contributed by atoms with Gasteiger partial charge >= 0.3 is 0 Å². The summed E-state index contributed by atoms with van der Waals surface area (Å²) >= 11 is 0. The lowest BCUT2D eigenvalue weighted by Crippen LogP contribution is -2.22. The van der Waals surface area contributed by atoms with Gasteiger partial charge in [-0.25, -0.2) is 0 Å². The van der Waals surface area contributed by atoms with Gasteiger partial charge in [0.1, 0.15) is 0 Å². The molecule has 0 amide bonds. The first-order chi connectivity index (χ1) is 6.02. The molecule has 0 N–H and O–H groups in total. The highest BCUT2D eigenvalue weighted by molar-refractivity contribution is 6.01. The number of ketones is 1. The molecule has 0 bridgehead atoms. The molecule has 0 aromatic carbocycles. The first-order valence-corrected chi connectivity index (χ1v) is 4.63. The van der Waals surface area contributed by atoms with Crippen molar-refractivity contribution in [3.63, 3.8) is 0 Å². The Morgan fingerprint density at radius 3 is 2.69 bits per heavy atom. The fraction of sp³-hybridized carbons (Fsp3) is 0.545. The topological polar surface area (TPSA) is 20.3 Å². The maximum atomic E-state index is 11.7. The van der Waals surface area contributed by atoms with E-state index in [4.69, 9.17) is 0 Å². The summed E-state index contributed by atoms with van der Waals surface area (Å²) in [6.07, 6.45) is 3.77. The van der Waals surface area contributed by atoms with Crippen LogP contribution in [-0.2, 0) is 4.79 Å². The van der Waals surface area contributed by atoms with Crippen LogP contribution in [-0.4, -0.2) is 24.8 Å². The smallest absolute Gasteiger partial charge is 0.167 e. The summed E-state index contributed by atoms with van der Waals surface area (Å²) in [5.74, 6) is 0.404. The van der Waals surface area contributed by atoms with E-state index in [9.17, 15) is 4.79 Å². The van der Waals surface area contributed by atoms with Crippen molar-refractivity contribution >= 4 is 5.78 Å². The number of carbonyl (C=O) groups excluding carboxylic acids is 1. The Hall–Kier alpha value is -1.05.